The Labute approximate surface area is 153 Å². The highest BCUT2D eigenvalue weighted by Crippen LogP contribution is 2.26. The molecule has 4 rings (SSSR count). The van der Waals surface area contributed by atoms with Gasteiger partial charge in [0.2, 0.25) is 5.88 Å². The molecule has 1 amide bonds. The number of carbonyl (C=O) groups excluding carboxylic acids is 1. The average Bonchev–Trinajstić information content (AvgIpc) is 3.10. The van der Waals surface area contributed by atoms with Crippen molar-refractivity contribution < 1.29 is 18.3 Å². The molecule has 1 aromatic carbocycles. The van der Waals surface area contributed by atoms with E-state index in [1.165, 1.54) is 25.4 Å². The zero-order valence-electron chi connectivity index (χ0n) is 14.5. The number of fused-ring (bicyclic) bond motifs is 1. The SMILES string of the molecule is COc1cc(C(=O)N2CCc3nc(-c4ccc(F)cc4F)[nH]c3C2)ccn1. The fourth-order valence-electron chi connectivity index (χ4n) is 3.11. The first-order chi connectivity index (χ1) is 13.0. The summed E-state index contributed by atoms with van der Waals surface area (Å²) in [5.74, 6) is -0.771. The summed E-state index contributed by atoms with van der Waals surface area (Å²) in [6, 6.07) is 6.58. The molecule has 0 bridgehead atoms. The Morgan fingerprint density at radius 2 is 2.11 bits per heavy atom. The Kier molecular flexibility index (Phi) is 4.31. The quantitative estimate of drug-likeness (QED) is 0.770. The molecule has 0 spiro atoms. The standard InChI is InChI=1S/C19H16F2N4O2/c1-27-17-8-11(4-6-22-17)19(26)25-7-5-15-16(10-25)24-18(23-15)13-3-2-12(20)9-14(13)21/h2-4,6,8-9H,5,7,10H2,1H3,(H,23,24). The van der Waals surface area contributed by atoms with E-state index in [4.69, 9.17) is 4.74 Å². The highest BCUT2D eigenvalue weighted by atomic mass is 19.1. The molecule has 3 heterocycles. The zero-order valence-corrected chi connectivity index (χ0v) is 14.5. The molecular formula is C19H16F2N4O2. The number of aromatic amines is 1. The molecule has 0 fully saturated rings. The maximum atomic E-state index is 14.0. The van der Waals surface area contributed by atoms with E-state index >= 15 is 0 Å². The van der Waals surface area contributed by atoms with Crippen LogP contribution in [0.2, 0.25) is 0 Å². The number of halogens is 2. The number of aromatic nitrogens is 3. The van der Waals surface area contributed by atoms with E-state index in [0.717, 1.165) is 17.5 Å². The largest absolute Gasteiger partial charge is 0.481 e. The van der Waals surface area contributed by atoms with Gasteiger partial charge in [0.05, 0.1) is 30.6 Å². The van der Waals surface area contributed by atoms with E-state index in [0.29, 0.717) is 36.8 Å². The van der Waals surface area contributed by atoms with Crippen LogP contribution < -0.4 is 4.74 Å². The maximum Gasteiger partial charge on any atom is 0.254 e. The number of pyridine rings is 1. The molecule has 27 heavy (non-hydrogen) atoms. The summed E-state index contributed by atoms with van der Waals surface area (Å²) >= 11 is 0. The smallest absolute Gasteiger partial charge is 0.254 e. The Balaban J connectivity index is 1.58. The fraction of sp³-hybridized carbons (Fsp3) is 0.211. The van der Waals surface area contributed by atoms with Gasteiger partial charge in [0.1, 0.15) is 17.5 Å². The van der Waals surface area contributed by atoms with Crippen LogP contribution in [0.3, 0.4) is 0 Å². The first-order valence-corrected chi connectivity index (χ1v) is 8.37. The molecule has 1 aliphatic heterocycles. The van der Waals surface area contributed by atoms with Crippen LogP contribution in [0.5, 0.6) is 5.88 Å². The van der Waals surface area contributed by atoms with Crippen molar-refractivity contribution in [3.05, 3.63) is 65.1 Å². The van der Waals surface area contributed by atoms with E-state index in [2.05, 4.69) is 15.0 Å². The number of ether oxygens (including phenoxy) is 1. The molecule has 6 nitrogen and oxygen atoms in total. The summed E-state index contributed by atoms with van der Waals surface area (Å²) in [6.45, 7) is 0.821. The molecule has 0 unspecified atom stereocenters. The van der Waals surface area contributed by atoms with Gasteiger partial charge in [-0.2, -0.15) is 0 Å². The average molecular weight is 370 g/mol. The Hall–Kier alpha value is -3.29. The summed E-state index contributed by atoms with van der Waals surface area (Å²) in [5.41, 5.74) is 2.21. The van der Waals surface area contributed by atoms with Crippen LogP contribution in [0.1, 0.15) is 21.7 Å². The summed E-state index contributed by atoms with van der Waals surface area (Å²) < 4.78 is 32.2. The van der Waals surface area contributed by atoms with E-state index in [9.17, 15) is 13.6 Å². The molecular weight excluding hydrogens is 354 g/mol. The van der Waals surface area contributed by atoms with Gasteiger partial charge in [-0.1, -0.05) is 0 Å². The van der Waals surface area contributed by atoms with Crippen molar-refractivity contribution in [1.82, 2.24) is 19.9 Å². The van der Waals surface area contributed by atoms with Gasteiger partial charge in [-0.3, -0.25) is 4.79 Å². The second kappa shape index (κ2) is 6.79. The molecule has 138 valence electrons. The van der Waals surface area contributed by atoms with Gasteiger partial charge in [0, 0.05) is 36.9 Å². The van der Waals surface area contributed by atoms with E-state index in [1.807, 2.05) is 0 Å². The minimum atomic E-state index is -0.682. The zero-order chi connectivity index (χ0) is 19.0. The number of methoxy groups -OCH3 is 1. The van der Waals surface area contributed by atoms with Gasteiger partial charge in [-0.05, 0) is 18.2 Å². The van der Waals surface area contributed by atoms with Gasteiger partial charge in [-0.25, -0.2) is 18.7 Å². The van der Waals surface area contributed by atoms with Crippen molar-refractivity contribution in [1.29, 1.82) is 0 Å². The number of carbonyl (C=O) groups is 1. The predicted molar refractivity (Wildman–Crippen MR) is 93.2 cm³/mol. The molecule has 0 radical (unpaired) electrons. The molecule has 3 aromatic rings. The summed E-state index contributed by atoms with van der Waals surface area (Å²) in [4.78, 5) is 25.9. The van der Waals surface area contributed by atoms with Crippen molar-refractivity contribution >= 4 is 5.91 Å². The number of amides is 1. The Morgan fingerprint density at radius 1 is 1.26 bits per heavy atom. The Morgan fingerprint density at radius 3 is 2.89 bits per heavy atom. The minimum absolute atomic E-state index is 0.148. The molecule has 0 aliphatic carbocycles. The monoisotopic (exact) mass is 370 g/mol. The van der Waals surface area contributed by atoms with Gasteiger partial charge in [0.15, 0.2) is 0 Å². The highest BCUT2D eigenvalue weighted by Gasteiger charge is 2.25. The Bertz CT molecular complexity index is 1020. The number of benzene rings is 1. The number of rotatable bonds is 3. The van der Waals surface area contributed by atoms with Gasteiger partial charge >= 0.3 is 0 Å². The van der Waals surface area contributed by atoms with Crippen molar-refractivity contribution in [2.45, 2.75) is 13.0 Å². The topological polar surface area (TPSA) is 71.1 Å². The molecule has 2 aromatic heterocycles. The third-order valence-corrected chi connectivity index (χ3v) is 4.50. The van der Waals surface area contributed by atoms with Crippen LogP contribution in [0, 0.1) is 11.6 Å². The molecule has 8 heteroatoms. The first-order valence-electron chi connectivity index (χ1n) is 8.37. The van der Waals surface area contributed by atoms with Gasteiger partial charge < -0.3 is 14.6 Å². The molecule has 0 atom stereocenters. The van der Waals surface area contributed by atoms with Crippen molar-refractivity contribution in [2.24, 2.45) is 0 Å². The van der Waals surface area contributed by atoms with E-state index in [1.54, 1.807) is 17.0 Å². The number of hydrogen-bond acceptors (Lipinski definition) is 4. The number of nitrogens with zero attached hydrogens (tertiary/aromatic N) is 3. The van der Waals surface area contributed by atoms with Gasteiger partial charge in [0.25, 0.3) is 5.91 Å². The van der Waals surface area contributed by atoms with Crippen molar-refractivity contribution in [3.8, 4) is 17.3 Å². The lowest BCUT2D eigenvalue weighted by Crippen LogP contribution is -2.36. The molecule has 0 saturated carbocycles. The molecule has 1 N–H and O–H groups in total. The molecule has 1 aliphatic rings. The predicted octanol–water partition coefficient (Wildman–Crippen LogP) is 2.96. The third kappa shape index (κ3) is 3.25. The van der Waals surface area contributed by atoms with E-state index in [-0.39, 0.29) is 11.5 Å². The first kappa shape index (κ1) is 17.1. The highest BCUT2D eigenvalue weighted by molar-refractivity contribution is 5.94. The lowest BCUT2D eigenvalue weighted by molar-refractivity contribution is 0.0731. The normalized spacial score (nSPS) is 13.4. The van der Waals surface area contributed by atoms with E-state index < -0.39 is 11.6 Å². The van der Waals surface area contributed by atoms with Crippen LogP contribution in [-0.2, 0) is 13.0 Å². The van der Waals surface area contributed by atoms with Crippen molar-refractivity contribution in [3.63, 3.8) is 0 Å². The van der Waals surface area contributed by atoms with Crippen LogP contribution >= 0.6 is 0 Å². The van der Waals surface area contributed by atoms with Crippen LogP contribution in [0.4, 0.5) is 8.78 Å². The number of nitrogens with one attached hydrogen (secondary N) is 1. The summed E-state index contributed by atoms with van der Waals surface area (Å²) in [5, 5.41) is 0. The third-order valence-electron chi connectivity index (χ3n) is 4.50. The number of imidazole rings is 1. The van der Waals surface area contributed by atoms with Crippen molar-refractivity contribution in [2.75, 3.05) is 13.7 Å². The summed E-state index contributed by atoms with van der Waals surface area (Å²) in [6.07, 6.45) is 2.07. The van der Waals surface area contributed by atoms with Gasteiger partial charge in [-0.15, -0.1) is 0 Å². The summed E-state index contributed by atoms with van der Waals surface area (Å²) in [7, 11) is 1.49. The number of hydrogen-bond donors (Lipinski definition) is 1. The van der Waals surface area contributed by atoms with Crippen LogP contribution in [0.25, 0.3) is 11.4 Å². The fourth-order valence-corrected chi connectivity index (χ4v) is 3.11. The molecule has 0 saturated heterocycles. The maximum absolute atomic E-state index is 14.0. The lowest BCUT2D eigenvalue weighted by Gasteiger charge is -2.26. The lowest BCUT2D eigenvalue weighted by atomic mass is 10.1. The minimum Gasteiger partial charge on any atom is -0.481 e. The van der Waals surface area contributed by atoms with Crippen LogP contribution in [-0.4, -0.2) is 39.4 Å². The number of H-pyrrole nitrogens is 1. The van der Waals surface area contributed by atoms with Crippen LogP contribution in [0.15, 0.2) is 36.5 Å². The second-order valence-corrected chi connectivity index (χ2v) is 6.20. The second-order valence-electron chi connectivity index (χ2n) is 6.20.